The predicted molar refractivity (Wildman–Crippen MR) is 126 cm³/mol. The molecule has 0 spiro atoms. The van der Waals surface area contributed by atoms with E-state index in [-0.39, 0.29) is 11.7 Å². The van der Waals surface area contributed by atoms with Crippen molar-refractivity contribution < 1.29 is 19.1 Å². The highest BCUT2D eigenvalue weighted by molar-refractivity contribution is 6.14. The van der Waals surface area contributed by atoms with Gasteiger partial charge in [-0.15, -0.1) is 0 Å². The summed E-state index contributed by atoms with van der Waals surface area (Å²) in [6, 6.07) is 14.8. The monoisotopic (exact) mass is 449 g/mol. The molecule has 2 aromatic rings. The Hall–Kier alpha value is -3.16. The Kier molecular flexibility index (Phi) is 7.11. The van der Waals surface area contributed by atoms with Crippen molar-refractivity contribution in [2.45, 2.75) is 26.3 Å². The van der Waals surface area contributed by atoms with Gasteiger partial charge in [-0.3, -0.25) is 14.5 Å². The lowest BCUT2D eigenvalue weighted by Gasteiger charge is -2.35. The number of Topliss-reactive ketones (excluding diaryl/α,β-unsaturated/α-hetero) is 1. The summed E-state index contributed by atoms with van der Waals surface area (Å²) in [7, 11) is 0. The molecule has 0 radical (unpaired) electrons. The van der Waals surface area contributed by atoms with Gasteiger partial charge < -0.3 is 20.1 Å². The van der Waals surface area contributed by atoms with Crippen molar-refractivity contribution in [3.63, 3.8) is 0 Å². The Labute approximate surface area is 194 Å². The quantitative estimate of drug-likeness (QED) is 0.654. The van der Waals surface area contributed by atoms with Crippen molar-refractivity contribution >= 4 is 11.7 Å². The van der Waals surface area contributed by atoms with E-state index in [1.54, 1.807) is 12.1 Å². The molecule has 0 unspecified atom stereocenters. The summed E-state index contributed by atoms with van der Waals surface area (Å²) < 4.78 is 11.7. The second-order valence-electron chi connectivity index (χ2n) is 8.70. The van der Waals surface area contributed by atoms with Crippen LogP contribution in [0.3, 0.4) is 0 Å². The number of nitrogens with zero attached hydrogens (tertiary/aromatic N) is 2. The summed E-state index contributed by atoms with van der Waals surface area (Å²) in [4.78, 5) is 29.5. The number of hydrogen-bond acceptors (Lipinski definition) is 6. The average molecular weight is 450 g/mol. The second kappa shape index (κ2) is 10.2. The van der Waals surface area contributed by atoms with E-state index in [4.69, 9.17) is 15.2 Å². The smallest absolute Gasteiger partial charge is 0.239 e. The van der Waals surface area contributed by atoms with Crippen LogP contribution in [0.15, 0.2) is 59.9 Å². The maximum absolute atomic E-state index is 12.7. The van der Waals surface area contributed by atoms with E-state index in [9.17, 15) is 9.59 Å². The number of amides is 1. The van der Waals surface area contributed by atoms with Gasteiger partial charge in [-0.25, -0.2) is 0 Å². The Morgan fingerprint density at radius 2 is 1.79 bits per heavy atom. The van der Waals surface area contributed by atoms with Crippen LogP contribution < -0.4 is 15.2 Å². The minimum atomic E-state index is -0.520. The van der Waals surface area contributed by atoms with Gasteiger partial charge in [0.15, 0.2) is 5.76 Å². The topological polar surface area (TPSA) is 85.1 Å². The highest BCUT2D eigenvalue weighted by atomic mass is 16.5. The molecule has 0 bridgehead atoms. The van der Waals surface area contributed by atoms with E-state index < -0.39 is 6.04 Å². The number of carbonyl (C=O) groups is 2. The molecule has 2 aromatic carbocycles. The van der Waals surface area contributed by atoms with Gasteiger partial charge in [0.25, 0.3) is 0 Å². The lowest BCUT2D eigenvalue weighted by atomic mass is 10.1. The molecule has 33 heavy (non-hydrogen) atoms. The van der Waals surface area contributed by atoms with Gasteiger partial charge in [-0.2, -0.15) is 0 Å². The van der Waals surface area contributed by atoms with Crippen molar-refractivity contribution in [3.05, 3.63) is 71.0 Å². The van der Waals surface area contributed by atoms with E-state index in [0.29, 0.717) is 55.5 Å². The molecule has 0 saturated carbocycles. The standard InChI is InChI=1S/C26H31N3O4/c1-18(2)25-24(30)23-21(9-6-10-22(23)33-25)32-16-15-28-11-13-29(14-12-28)26(31)20(27)17-19-7-4-3-5-8-19/h3-10,20H,11-17,27H2,1-2H3/t20-/m0/s1. The van der Waals surface area contributed by atoms with Crippen molar-refractivity contribution in [1.29, 1.82) is 0 Å². The highest BCUT2D eigenvalue weighted by Crippen LogP contribution is 2.38. The SMILES string of the molecule is CC(C)=C1Oc2cccc(OCCN3CCN(C(=O)[C@@H](N)Cc4ccccc4)CC3)c2C1=O. The van der Waals surface area contributed by atoms with E-state index in [1.165, 1.54) is 0 Å². The first-order valence-electron chi connectivity index (χ1n) is 11.4. The maximum Gasteiger partial charge on any atom is 0.239 e. The van der Waals surface area contributed by atoms with Gasteiger partial charge in [0.1, 0.15) is 23.7 Å². The number of nitrogens with two attached hydrogens (primary N) is 1. The molecule has 2 aliphatic heterocycles. The lowest BCUT2D eigenvalue weighted by molar-refractivity contribution is -0.134. The minimum Gasteiger partial charge on any atom is -0.491 e. The maximum atomic E-state index is 12.7. The number of hydrogen-bond donors (Lipinski definition) is 1. The number of benzene rings is 2. The van der Waals surface area contributed by atoms with Crippen LogP contribution in [-0.4, -0.2) is 66.9 Å². The molecule has 1 atom stereocenters. The van der Waals surface area contributed by atoms with Crippen LogP contribution in [0.2, 0.25) is 0 Å². The van der Waals surface area contributed by atoms with Crippen LogP contribution in [0.5, 0.6) is 11.5 Å². The number of fused-ring (bicyclic) bond motifs is 1. The van der Waals surface area contributed by atoms with Crippen LogP contribution in [0.1, 0.15) is 29.8 Å². The first-order chi connectivity index (χ1) is 15.9. The molecule has 7 nitrogen and oxygen atoms in total. The van der Waals surface area contributed by atoms with Gasteiger partial charge in [0.2, 0.25) is 11.7 Å². The van der Waals surface area contributed by atoms with E-state index in [0.717, 1.165) is 24.2 Å². The predicted octanol–water partition coefficient (Wildman–Crippen LogP) is 2.65. The number of ketones is 1. The first-order valence-corrected chi connectivity index (χ1v) is 11.4. The van der Waals surface area contributed by atoms with Gasteiger partial charge >= 0.3 is 0 Å². The molecule has 0 aliphatic carbocycles. The normalized spacial score (nSPS) is 16.9. The van der Waals surface area contributed by atoms with Crippen molar-refractivity contribution in [2.24, 2.45) is 5.73 Å². The molecular formula is C26H31N3O4. The molecule has 174 valence electrons. The Bertz CT molecular complexity index is 1040. The highest BCUT2D eigenvalue weighted by Gasteiger charge is 2.32. The molecule has 2 N–H and O–H groups in total. The van der Waals surface area contributed by atoms with Crippen LogP contribution in [0, 0.1) is 0 Å². The molecule has 1 amide bonds. The number of ether oxygens (including phenoxy) is 2. The third-order valence-corrected chi connectivity index (χ3v) is 6.05. The molecule has 1 fully saturated rings. The van der Waals surface area contributed by atoms with E-state index in [1.807, 2.05) is 55.1 Å². The molecule has 7 heteroatoms. The summed E-state index contributed by atoms with van der Waals surface area (Å²) >= 11 is 0. The minimum absolute atomic E-state index is 0.00295. The van der Waals surface area contributed by atoms with E-state index >= 15 is 0 Å². The van der Waals surface area contributed by atoms with E-state index in [2.05, 4.69) is 4.90 Å². The average Bonchev–Trinajstić information content (AvgIpc) is 3.17. The molecular weight excluding hydrogens is 418 g/mol. The largest absolute Gasteiger partial charge is 0.491 e. The van der Waals surface area contributed by atoms with Crippen molar-refractivity contribution in [2.75, 3.05) is 39.3 Å². The molecule has 1 saturated heterocycles. The zero-order chi connectivity index (χ0) is 23.4. The van der Waals surface area contributed by atoms with Crippen LogP contribution in [0.25, 0.3) is 0 Å². The number of piperazine rings is 1. The summed E-state index contributed by atoms with van der Waals surface area (Å²) in [5, 5.41) is 0. The van der Waals surface area contributed by atoms with Crippen molar-refractivity contribution in [3.8, 4) is 11.5 Å². The summed E-state index contributed by atoms with van der Waals surface area (Å²) in [6.45, 7) is 7.73. The fourth-order valence-corrected chi connectivity index (χ4v) is 4.21. The Balaban J connectivity index is 1.24. The fourth-order valence-electron chi connectivity index (χ4n) is 4.21. The lowest BCUT2D eigenvalue weighted by Crippen LogP contribution is -2.54. The number of allylic oxidation sites excluding steroid dienone is 2. The molecule has 4 rings (SSSR count). The molecule has 2 heterocycles. The zero-order valence-electron chi connectivity index (χ0n) is 19.3. The van der Waals surface area contributed by atoms with Crippen LogP contribution in [0.4, 0.5) is 0 Å². The molecule has 2 aliphatic rings. The number of rotatable bonds is 7. The number of carbonyl (C=O) groups excluding carboxylic acids is 2. The second-order valence-corrected chi connectivity index (χ2v) is 8.70. The fraction of sp³-hybridized carbons (Fsp3) is 0.385. The zero-order valence-corrected chi connectivity index (χ0v) is 19.3. The summed E-state index contributed by atoms with van der Waals surface area (Å²) in [5.41, 5.74) is 8.59. The Morgan fingerprint density at radius 1 is 1.06 bits per heavy atom. The van der Waals surface area contributed by atoms with Gasteiger partial charge in [0.05, 0.1) is 6.04 Å². The third kappa shape index (κ3) is 5.26. The summed E-state index contributed by atoms with van der Waals surface area (Å²) in [5.74, 6) is 1.36. The summed E-state index contributed by atoms with van der Waals surface area (Å²) in [6.07, 6.45) is 0.548. The van der Waals surface area contributed by atoms with Gasteiger partial charge in [0, 0.05) is 32.7 Å². The van der Waals surface area contributed by atoms with Crippen LogP contribution in [-0.2, 0) is 11.2 Å². The first kappa shape index (κ1) is 23.0. The third-order valence-electron chi connectivity index (χ3n) is 6.05. The van der Waals surface area contributed by atoms with Crippen LogP contribution >= 0.6 is 0 Å². The van der Waals surface area contributed by atoms with Gasteiger partial charge in [-0.1, -0.05) is 36.4 Å². The Morgan fingerprint density at radius 3 is 2.48 bits per heavy atom. The van der Waals surface area contributed by atoms with Gasteiger partial charge in [-0.05, 0) is 43.5 Å². The molecule has 0 aromatic heterocycles. The van der Waals surface area contributed by atoms with Crippen molar-refractivity contribution in [1.82, 2.24) is 9.80 Å².